The van der Waals surface area contributed by atoms with Crippen molar-refractivity contribution >= 4 is 17.6 Å². The predicted octanol–water partition coefficient (Wildman–Crippen LogP) is 4.13. The Bertz CT molecular complexity index is 1290. The Labute approximate surface area is 189 Å². The normalized spacial score (nSPS) is 13.0. The second kappa shape index (κ2) is 8.62. The van der Waals surface area contributed by atoms with Crippen LogP contribution < -0.4 is 10.6 Å². The minimum absolute atomic E-state index is 0.00986. The van der Waals surface area contributed by atoms with Gasteiger partial charge in [-0.05, 0) is 42.7 Å². The van der Waals surface area contributed by atoms with Crippen LogP contribution in [0.5, 0.6) is 5.75 Å². The summed E-state index contributed by atoms with van der Waals surface area (Å²) < 4.78 is 6.24. The zero-order valence-corrected chi connectivity index (χ0v) is 17.6. The number of carbonyl (C=O) groups excluding carboxylic acids is 2. The van der Waals surface area contributed by atoms with Crippen molar-refractivity contribution < 1.29 is 19.2 Å². The largest absolute Gasteiger partial charge is 0.507 e. The van der Waals surface area contributed by atoms with Gasteiger partial charge in [0, 0.05) is 29.8 Å². The number of phenolic OH excluding ortho intramolecular Hbond substituents is 1. The fraction of sp³-hybridized carbons (Fsp3) is 0.167. The van der Waals surface area contributed by atoms with Gasteiger partial charge < -0.3 is 20.3 Å². The smallest absolute Gasteiger partial charge is 0.342 e. The predicted molar refractivity (Wildman–Crippen MR) is 120 cm³/mol. The summed E-state index contributed by atoms with van der Waals surface area (Å²) in [6.45, 7) is 0.382. The number of aromatic hydroxyl groups is 1. The Morgan fingerprint density at radius 2 is 1.91 bits per heavy atom. The molecule has 1 saturated carbocycles. The molecule has 0 bridgehead atoms. The molecule has 2 aromatic heterocycles. The number of hydrogen-bond donors (Lipinski definition) is 3. The van der Waals surface area contributed by atoms with Crippen molar-refractivity contribution in [3.8, 4) is 17.0 Å². The molecule has 0 aliphatic heterocycles. The monoisotopic (exact) mass is 443 g/mol. The second-order valence-electron chi connectivity index (χ2n) is 7.85. The van der Waals surface area contributed by atoms with E-state index in [0.717, 1.165) is 24.1 Å². The molecule has 2 aromatic carbocycles. The number of phenols is 1. The topological polar surface area (TPSA) is 122 Å². The van der Waals surface area contributed by atoms with Crippen LogP contribution in [0.3, 0.4) is 0 Å². The Balaban J connectivity index is 1.40. The Hall–Kier alpha value is -4.40. The number of anilines is 1. The standard InChI is InChI=1S/C24H21N5O4/c30-21-9-8-17(27-23(31)22-10-11-26-33-22)12-18(21)19-13-20(16-6-7-16)29(28-19)24(32)25-14-15-4-2-1-3-5-15/h1-5,8-13,16,30H,6-7,14H2,(H,25,32)(H,27,31). The average molecular weight is 443 g/mol. The maximum absolute atomic E-state index is 12.9. The van der Waals surface area contributed by atoms with E-state index in [1.54, 1.807) is 12.1 Å². The number of carbonyl (C=O) groups is 2. The SMILES string of the molecule is O=C(Nc1ccc(O)c(-c2cc(C3CC3)n(C(=O)NCc3ccccc3)n2)c1)c1ccno1. The van der Waals surface area contributed by atoms with E-state index in [2.05, 4.69) is 20.9 Å². The summed E-state index contributed by atoms with van der Waals surface area (Å²) >= 11 is 0. The lowest BCUT2D eigenvalue weighted by molar-refractivity contribution is 0.0988. The van der Waals surface area contributed by atoms with Crippen molar-refractivity contribution in [2.75, 3.05) is 5.32 Å². The first-order valence-corrected chi connectivity index (χ1v) is 10.6. The van der Waals surface area contributed by atoms with Crippen LogP contribution in [0.4, 0.5) is 10.5 Å². The average Bonchev–Trinajstić information content (AvgIpc) is 3.33. The van der Waals surface area contributed by atoms with Crippen molar-refractivity contribution in [1.29, 1.82) is 0 Å². The van der Waals surface area contributed by atoms with Crippen molar-refractivity contribution in [2.45, 2.75) is 25.3 Å². The minimum Gasteiger partial charge on any atom is -0.507 e. The Morgan fingerprint density at radius 3 is 2.64 bits per heavy atom. The molecule has 1 fully saturated rings. The number of aromatic nitrogens is 3. The first-order valence-electron chi connectivity index (χ1n) is 10.6. The summed E-state index contributed by atoms with van der Waals surface area (Å²) in [7, 11) is 0. The van der Waals surface area contributed by atoms with Gasteiger partial charge in [-0.25, -0.2) is 4.79 Å². The molecule has 33 heavy (non-hydrogen) atoms. The Kier molecular flexibility index (Phi) is 5.35. The van der Waals surface area contributed by atoms with E-state index >= 15 is 0 Å². The number of nitrogens with one attached hydrogen (secondary N) is 2. The molecule has 0 atom stereocenters. The summed E-state index contributed by atoms with van der Waals surface area (Å²) in [5, 5.41) is 24.1. The van der Waals surface area contributed by atoms with Gasteiger partial charge in [0.2, 0.25) is 5.76 Å². The third kappa shape index (κ3) is 4.47. The van der Waals surface area contributed by atoms with Gasteiger partial charge in [0.05, 0.1) is 17.6 Å². The van der Waals surface area contributed by atoms with Gasteiger partial charge in [0.15, 0.2) is 0 Å². The van der Waals surface area contributed by atoms with Crippen LogP contribution in [-0.2, 0) is 6.54 Å². The lowest BCUT2D eigenvalue weighted by Gasteiger charge is -2.08. The fourth-order valence-electron chi connectivity index (χ4n) is 3.55. The van der Waals surface area contributed by atoms with Gasteiger partial charge in [-0.15, -0.1) is 0 Å². The van der Waals surface area contributed by atoms with Crippen LogP contribution in [0.25, 0.3) is 11.3 Å². The highest BCUT2D eigenvalue weighted by molar-refractivity contribution is 6.02. The van der Waals surface area contributed by atoms with E-state index in [-0.39, 0.29) is 23.5 Å². The van der Waals surface area contributed by atoms with Gasteiger partial charge >= 0.3 is 6.03 Å². The fourth-order valence-corrected chi connectivity index (χ4v) is 3.55. The zero-order valence-electron chi connectivity index (χ0n) is 17.6. The molecule has 2 amide bonds. The number of hydrogen-bond acceptors (Lipinski definition) is 6. The molecular formula is C24H21N5O4. The summed E-state index contributed by atoms with van der Waals surface area (Å²) in [6.07, 6.45) is 3.35. The highest BCUT2D eigenvalue weighted by Crippen LogP contribution is 2.42. The Morgan fingerprint density at radius 1 is 1.09 bits per heavy atom. The van der Waals surface area contributed by atoms with E-state index < -0.39 is 5.91 Å². The van der Waals surface area contributed by atoms with Gasteiger partial charge in [-0.3, -0.25) is 4.79 Å². The molecule has 2 heterocycles. The van der Waals surface area contributed by atoms with E-state index in [0.29, 0.717) is 23.5 Å². The molecule has 4 aromatic rings. The molecule has 166 valence electrons. The molecule has 9 heteroatoms. The number of nitrogens with zero attached hydrogens (tertiary/aromatic N) is 3. The molecule has 0 radical (unpaired) electrons. The van der Waals surface area contributed by atoms with Crippen molar-refractivity contribution in [1.82, 2.24) is 20.3 Å². The third-order valence-corrected chi connectivity index (χ3v) is 5.40. The molecule has 0 saturated heterocycles. The number of amides is 2. The van der Waals surface area contributed by atoms with Gasteiger partial charge in [-0.1, -0.05) is 35.5 Å². The number of rotatable bonds is 6. The maximum Gasteiger partial charge on any atom is 0.342 e. The first-order chi connectivity index (χ1) is 16.1. The third-order valence-electron chi connectivity index (χ3n) is 5.40. The highest BCUT2D eigenvalue weighted by atomic mass is 16.5. The molecule has 0 spiro atoms. The van der Waals surface area contributed by atoms with Crippen molar-refractivity contribution in [3.05, 3.63) is 83.9 Å². The van der Waals surface area contributed by atoms with Gasteiger partial charge in [0.25, 0.3) is 5.91 Å². The maximum atomic E-state index is 12.9. The molecule has 5 rings (SSSR count). The quantitative estimate of drug-likeness (QED) is 0.385. The van der Waals surface area contributed by atoms with Gasteiger partial charge in [-0.2, -0.15) is 9.78 Å². The molecule has 1 aliphatic rings. The van der Waals surface area contributed by atoms with E-state index in [4.69, 9.17) is 4.52 Å². The molecule has 3 N–H and O–H groups in total. The molecular weight excluding hydrogens is 422 g/mol. The van der Waals surface area contributed by atoms with E-state index in [9.17, 15) is 14.7 Å². The molecule has 0 unspecified atom stereocenters. The second-order valence-corrected chi connectivity index (χ2v) is 7.85. The lowest BCUT2D eigenvalue weighted by Crippen LogP contribution is -2.30. The number of benzene rings is 2. The van der Waals surface area contributed by atoms with Crippen LogP contribution in [0.2, 0.25) is 0 Å². The van der Waals surface area contributed by atoms with Crippen LogP contribution >= 0.6 is 0 Å². The van der Waals surface area contributed by atoms with Crippen LogP contribution in [0.1, 0.15) is 40.6 Å². The van der Waals surface area contributed by atoms with Crippen molar-refractivity contribution in [3.63, 3.8) is 0 Å². The minimum atomic E-state index is -0.464. The summed E-state index contributed by atoms with van der Waals surface area (Å²) in [6, 6.07) is 17.2. The van der Waals surface area contributed by atoms with E-state index in [1.807, 2.05) is 36.4 Å². The summed E-state index contributed by atoms with van der Waals surface area (Å²) in [5.74, 6) is -0.150. The van der Waals surface area contributed by atoms with E-state index in [1.165, 1.54) is 23.0 Å². The van der Waals surface area contributed by atoms with Crippen LogP contribution in [0.15, 0.2) is 71.4 Å². The van der Waals surface area contributed by atoms with Crippen LogP contribution in [0, 0.1) is 0 Å². The zero-order chi connectivity index (χ0) is 22.8. The molecule has 1 aliphatic carbocycles. The lowest BCUT2D eigenvalue weighted by atomic mass is 10.1. The first kappa shape index (κ1) is 20.5. The highest BCUT2D eigenvalue weighted by Gasteiger charge is 2.30. The van der Waals surface area contributed by atoms with Crippen molar-refractivity contribution in [2.24, 2.45) is 0 Å². The molecule has 9 nitrogen and oxygen atoms in total. The van der Waals surface area contributed by atoms with Crippen LogP contribution in [-0.4, -0.2) is 32.0 Å². The van der Waals surface area contributed by atoms with Gasteiger partial charge in [0.1, 0.15) is 5.75 Å². The summed E-state index contributed by atoms with van der Waals surface area (Å²) in [4.78, 5) is 25.2. The summed E-state index contributed by atoms with van der Waals surface area (Å²) in [5.41, 5.74) is 3.08.